The van der Waals surface area contributed by atoms with Gasteiger partial charge in [-0.1, -0.05) is 41.9 Å². The highest BCUT2D eigenvalue weighted by atomic mass is 35.5. The summed E-state index contributed by atoms with van der Waals surface area (Å²) in [6, 6.07) is 21.6. The van der Waals surface area contributed by atoms with Crippen LogP contribution in [-0.2, 0) is 11.3 Å². The number of anilines is 1. The minimum absolute atomic E-state index is 0.0642. The van der Waals surface area contributed by atoms with Crippen LogP contribution in [0.4, 0.5) is 5.69 Å². The molecule has 30 heavy (non-hydrogen) atoms. The van der Waals surface area contributed by atoms with E-state index in [-0.39, 0.29) is 18.2 Å². The lowest BCUT2D eigenvalue weighted by Gasteiger charge is -2.28. The predicted molar refractivity (Wildman–Crippen MR) is 117 cm³/mol. The van der Waals surface area contributed by atoms with Gasteiger partial charge < -0.3 is 15.0 Å². The fraction of sp³-hybridized carbons (Fsp3) is 0.167. The Bertz CT molecular complexity index is 1060. The lowest BCUT2D eigenvalue weighted by molar-refractivity contribution is -0.117. The molecule has 1 unspecified atom stereocenters. The number of ether oxygens (including phenoxy) is 1. The van der Waals surface area contributed by atoms with E-state index in [1.54, 1.807) is 36.3 Å². The molecule has 0 saturated heterocycles. The Labute approximate surface area is 180 Å². The molecule has 0 spiro atoms. The van der Waals surface area contributed by atoms with Crippen molar-refractivity contribution in [2.45, 2.75) is 19.0 Å². The first-order valence-electron chi connectivity index (χ1n) is 9.63. The van der Waals surface area contributed by atoms with Crippen molar-refractivity contribution in [1.29, 1.82) is 0 Å². The van der Waals surface area contributed by atoms with E-state index < -0.39 is 6.04 Å². The van der Waals surface area contributed by atoms with Crippen molar-refractivity contribution < 1.29 is 14.3 Å². The number of benzene rings is 3. The second-order valence-corrected chi connectivity index (χ2v) is 7.57. The first-order chi connectivity index (χ1) is 14.5. The monoisotopic (exact) mass is 420 g/mol. The molecule has 2 amide bonds. The molecule has 1 aliphatic heterocycles. The van der Waals surface area contributed by atoms with Gasteiger partial charge in [-0.3, -0.25) is 9.59 Å². The van der Waals surface area contributed by atoms with Gasteiger partial charge >= 0.3 is 0 Å². The van der Waals surface area contributed by atoms with Crippen molar-refractivity contribution in [1.82, 2.24) is 4.90 Å². The fourth-order valence-corrected chi connectivity index (χ4v) is 3.81. The third-order valence-corrected chi connectivity index (χ3v) is 5.48. The highest BCUT2D eigenvalue weighted by Crippen LogP contribution is 2.34. The van der Waals surface area contributed by atoms with E-state index in [1.807, 2.05) is 48.5 Å². The van der Waals surface area contributed by atoms with Crippen molar-refractivity contribution in [2.24, 2.45) is 0 Å². The summed E-state index contributed by atoms with van der Waals surface area (Å²) >= 11 is 5.92. The van der Waals surface area contributed by atoms with Crippen LogP contribution in [0.1, 0.15) is 33.9 Å². The average Bonchev–Trinajstić information content (AvgIpc) is 3.10. The average molecular weight is 421 g/mol. The number of carbonyl (C=O) groups is 2. The van der Waals surface area contributed by atoms with Crippen molar-refractivity contribution in [3.8, 4) is 5.75 Å². The van der Waals surface area contributed by atoms with Gasteiger partial charge in [-0.15, -0.1) is 0 Å². The molecule has 3 aromatic rings. The van der Waals surface area contributed by atoms with Crippen LogP contribution in [0, 0.1) is 0 Å². The molecule has 1 atom stereocenters. The molecule has 6 heteroatoms. The van der Waals surface area contributed by atoms with Crippen LogP contribution in [0.2, 0.25) is 5.02 Å². The summed E-state index contributed by atoms with van der Waals surface area (Å²) in [5, 5.41) is 3.49. The van der Waals surface area contributed by atoms with Gasteiger partial charge in [0.05, 0.1) is 19.6 Å². The number of nitrogens with zero attached hydrogens (tertiary/aromatic N) is 1. The van der Waals surface area contributed by atoms with Gasteiger partial charge in [-0.25, -0.2) is 0 Å². The van der Waals surface area contributed by atoms with Crippen LogP contribution in [0.3, 0.4) is 0 Å². The van der Waals surface area contributed by atoms with Crippen molar-refractivity contribution in [2.75, 3.05) is 12.4 Å². The first kappa shape index (κ1) is 20.0. The number of nitrogens with one attached hydrogen (secondary N) is 1. The van der Waals surface area contributed by atoms with Gasteiger partial charge in [0, 0.05) is 22.8 Å². The Hall–Kier alpha value is -3.31. The lowest BCUT2D eigenvalue weighted by Crippen LogP contribution is -2.32. The van der Waals surface area contributed by atoms with Crippen LogP contribution in [0.25, 0.3) is 0 Å². The number of carbonyl (C=O) groups excluding carboxylic acids is 2. The summed E-state index contributed by atoms with van der Waals surface area (Å²) in [6.07, 6.45) is 0.134. The first-order valence-corrected chi connectivity index (χ1v) is 10.0. The Morgan fingerprint density at radius 2 is 1.77 bits per heavy atom. The molecule has 1 N–H and O–H groups in total. The molecule has 0 aromatic heterocycles. The fourth-order valence-electron chi connectivity index (χ4n) is 3.68. The van der Waals surface area contributed by atoms with Crippen LogP contribution in [-0.4, -0.2) is 23.8 Å². The van der Waals surface area contributed by atoms with Gasteiger partial charge in [-0.2, -0.15) is 0 Å². The minimum Gasteiger partial charge on any atom is -0.497 e. The molecular formula is C24H21ClN2O3. The third-order valence-electron chi connectivity index (χ3n) is 5.23. The maximum absolute atomic E-state index is 13.1. The molecule has 4 rings (SSSR count). The standard InChI is InChI=1S/C24H21ClN2O3/c1-30-20-12-6-16(7-13-20)22(14-23(28)26-19-10-8-18(25)9-11-19)27-15-17-4-2-3-5-21(17)24(27)29/h2-13,22H,14-15H2,1H3,(H,26,28). The Morgan fingerprint density at radius 3 is 2.43 bits per heavy atom. The van der Waals surface area contributed by atoms with E-state index in [9.17, 15) is 9.59 Å². The van der Waals surface area contributed by atoms with Crippen LogP contribution in [0.5, 0.6) is 5.75 Å². The topological polar surface area (TPSA) is 58.6 Å². The Balaban J connectivity index is 1.59. The molecule has 5 nitrogen and oxygen atoms in total. The number of rotatable bonds is 6. The highest BCUT2D eigenvalue weighted by Gasteiger charge is 2.34. The van der Waals surface area contributed by atoms with Gasteiger partial charge in [0.1, 0.15) is 5.75 Å². The Kier molecular flexibility index (Phi) is 5.72. The summed E-state index contributed by atoms with van der Waals surface area (Å²) in [7, 11) is 1.60. The summed E-state index contributed by atoms with van der Waals surface area (Å²) in [6.45, 7) is 0.472. The summed E-state index contributed by atoms with van der Waals surface area (Å²) in [5.74, 6) is 0.478. The third kappa shape index (κ3) is 4.16. The summed E-state index contributed by atoms with van der Waals surface area (Å²) in [4.78, 5) is 27.7. The molecule has 0 fully saturated rings. The van der Waals surface area contributed by atoms with Gasteiger partial charge in [0.2, 0.25) is 5.91 Å². The Morgan fingerprint density at radius 1 is 1.07 bits per heavy atom. The van der Waals surface area contributed by atoms with E-state index >= 15 is 0 Å². The van der Waals surface area contributed by atoms with Gasteiger partial charge in [0.25, 0.3) is 5.91 Å². The smallest absolute Gasteiger partial charge is 0.255 e. The normalized spacial score (nSPS) is 13.7. The number of amides is 2. The van der Waals surface area contributed by atoms with Crippen molar-refractivity contribution in [3.05, 3.63) is 94.5 Å². The molecule has 0 aliphatic carbocycles. The zero-order chi connectivity index (χ0) is 21.1. The number of methoxy groups -OCH3 is 1. The molecule has 3 aromatic carbocycles. The van der Waals surface area contributed by atoms with Crippen LogP contribution in [0.15, 0.2) is 72.8 Å². The number of fused-ring (bicyclic) bond motifs is 1. The maximum atomic E-state index is 13.1. The predicted octanol–water partition coefficient (Wildman–Crippen LogP) is 5.07. The molecule has 0 bridgehead atoms. The number of hydrogen-bond acceptors (Lipinski definition) is 3. The van der Waals surface area contributed by atoms with Gasteiger partial charge in [0.15, 0.2) is 0 Å². The molecule has 0 radical (unpaired) electrons. The summed E-state index contributed by atoms with van der Waals surface area (Å²) in [5.41, 5.74) is 3.20. The van der Waals surface area contributed by atoms with Crippen molar-refractivity contribution in [3.63, 3.8) is 0 Å². The van der Waals surface area contributed by atoms with E-state index in [0.29, 0.717) is 22.8 Å². The van der Waals surface area contributed by atoms with Crippen molar-refractivity contribution >= 4 is 29.1 Å². The lowest BCUT2D eigenvalue weighted by atomic mass is 10.0. The quantitative estimate of drug-likeness (QED) is 0.605. The second kappa shape index (κ2) is 8.59. The molecule has 1 heterocycles. The van der Waals surface area contributed by atoms with E-state index in [2.05, 4.69) is 5.32 Å². The molecule has 0 saturated carbocycles. The number of halogens is 1. The maximum Gasteiger partial charge on any atom is 0.255 e. The minimum atomic E-state index is -0.400. The zero-order valence-electron chi connectivity index (χ0n) is 16.5. The second-order valence-electron chi connectivity index (χ2n) is 7.14. The van der Waals surface area contributed by atoms with E-state index in [0.717, 1.165) is 16.9 Å². The molecular weight excluding hydrogens is 400 g/mol. The summed E-state index contributed by atoms with van der Waals surface area (Å²) < 4.78 is 5.25. The SMILES string of the molecule is COc1ccc(C(CC(=O)Nc2ccc(Cl)cc2)N2Cc3ccccc3C2=O)cc1. The van der Waals surface area contributed by atoms with Gasteiger partial charge in [-0.05, 0) is 53.6 Å². The van der Waals surface area contributed by atoms with E-state index in [1.165, 1.54) is 0 Å². The number of hydrogen-bond donors (Lipinski definition) is 1. The molecule has 152 valence electrons. The molecule has 1 aliphatic rings. The van der Waals surface area contributed by atoms with E-state index in [4.69, 9.17) is 16.3 Å². The highest BCUT2D eigenvalue weighted by molar-refractivity contribution is 6.30. The van der Waals surface area contributed by atoms with Crippen LogP contribution < -0.4 is 10.1 Å². The zero-order valence-corrected chi connectivity index (χ0v) is 17.2. The van der Waals surface area contributed by atoms with Crippen LogP contribution >= 0.6 is 11.6 Å². The largest absolute Gasteiger partial charge is 0.497 e.